The van der Waals surface area contributed by atoms with E-state index >= 15 is 0 Å². The first-order chi connectivity index (χ1) is 26.7. The number of aromatic nitrogens is 1. The zero-order chi connectivity index (χ0) is 35.8. The summed E-state index contributed by atoms with van der Waals surface area (Å²) in [6.07, 6.45) is 1.04. The highest BCUT2D eigenvalue weighted by Gasteiger charge is 2.29. The average molecular weight is 708 g/mol. The Kier molecular flexibility index (Phi) is 7.21. The first kappa shape index (κ1) is 31.3. The van der Waals surface area contributed by atoms with Crippen LogP contribution in [-0.4, -0.2) is 4.57 Å². The van der Waals surface area contributed by atoms with Crippen molar-refractivity contribution >= 4 is 53.3 Å². The number of thiophene rings is 1. The first-order valence-corrected chi connectivity index (χ1v) is 19.8. The molecule has 0 bridgehead atoms. The fourth-order valence-electron chi connectivity index (χ4n) is 9.27. The number of nitrogens with zero attached hydrogens (tertiary/aromatic N) is 1. The molecule has 0 spiro atoms. The normalized spacial score (nSPS) is 15.4. The van der Waals surface area contributed by atoms with E-state index in [9.17, 15) is 0 Å². The van der Waals surface area contributed by atoms with Gasteiger partial charge in [0.25, 0.3) is 0 Å². The number of hydrogen-bond acceptors (Lipinski definition) is 1. The van der Waals surface area contributed by atoms with Crippen molar-refractivity contribution in [1.29, 1.82) is 0 Å². The molecule has 2 heterocycles. The summed E-state index contributed by atoms with van der Waals surface area (Å²) >= 11 is 1.89. The minimum absolute atomic E-state index is 0.391. The number of para-hydroxylation sites is 1. The quantitative estimate of drug-likeness (QED) is 0.172. The standard InChI is InChI=1S/C52H37NS/c1-33-40-26-24-36(28-46(40)41-19-9-8-18-38(41)30-44(33)34-14-4-2-5-15-34)37-25-27-50-47(29-37)42-20-10-12-22-49(42)53(50)39-31-45(35-16-6-3-7-17-35)52-48(32-39)43-21-11-13-23-51(43)54-52/h2-29,31-33,44H,30H2,1H3. The third kappa shape index (κ3) is 4.91. The average Bonchev–Trinajstić information content (AvgIpc) is 3.74. The SMILES string of the molecule is CC1c2ccc(-c3ccc4c(c3)c3ccccc3n4-c3cc(-c4ccccc4)c4sc5ccccc5c4c3)cc2-c2ccccc2CC1c1ccccc1. The van der Waals surface area contributed by atoms with E-state index in [-0.39, 0.29) is 0 Å². The maximum Gasteiger partial charge on any atom is 0.0541 e. The highest BCUT2D eigenvalue weighted by Crippen LogP contribution is 2.47. The summed E-state index contributed by atoms with van der Waals surface area (Å²) in [5, 5.41) is 5.16. The van der Waals surface area contributed by atoms with Gasteiger partial charge in [0.1, 0.15) is 0 Å². The van der Waals surface area contributed by atoms with E-state index in [1.807, 2.05) is 11.3 Å². The summed E-state index contributed by atoms with van der Waals surface area (Å²) in [6.45, 7) is 2.42. The lowest BCUT2D eigenvalue weighted by atomic mass is 9.80. The van der Waals surface area contributed by atoms with Gasteiger partial charge in [-0.05, 0) is 105 Å². The van der Waals surface area contributed by atoms with E-state index in [1.165, 1.54) is 97.7 Å². The van der Waals surface area contributed by atoms with Gasteiger partial charge >= 0.3 is 0 Å². The Hall–Kier alpha value is -6.22. The van der Waals surface area contributed by atoms with Crippen molar-refractivity contribution in [2.75, 3.05) is 0 Å². The summed E-state index contributed by atoms with van der Waals surface area (Å²) < 4.78 is 5.14. The molecule has 1 nitrogen and oxygen atoms in total. The largest absolute Gasteiger partial charge is 0.309 e. The summed E-state index contributed by atoms with van der Waals surface area (Å²) in [5.41, 5.74) is 15.7. The lowest BCUT2D eigenvalue weighted by Crippen LogP contribution is -2.10. The molecule has 0 amide bonds. The summed E-state index contributed by atoms with van der Waals surface area (Å²) in [4.78, 5) is 0. The molecule has 1 aliphatic carbocycles. The van der Waals surface area contributed by atoms with Gasteiger partial charge in [-0.1, -0.05) is 146 Å². The number of hydrogen-bond donors (Lipinski definition) is 0. The van der Waals surface area contributed by atoms with E-state index in [1.54, 1.807) is 0 Å². The number of fused-ring (bicyclic) bond motifs is 9. The molecule has 2 heteroatoms. The van der Waals surface area contributed by atoms with Crippen molar-refractivity contribution in [3.05, 3.63) is 199 Å². The molecular formula is C52H37NS. The Labute approximate surface area is 319 Å². The number of rotatable bonds is 4. The molecule has 0 aliphatic heterocycles. The van der Waals surface area contributed by atoms with Crippen LogP contribution < -0.4 is 0 Å². The predicted molar refractivity (Wildman–Crippen MR) is 231 cm³/mol. The molecule has 54 heavy (non-hydrogen) atoms. The van der Waals surface area contributed by atoms with E-state index in [0.717, 1.165) is 6.42 Å². The van der Waals surface area contributed by atoms with Crippen molar-refractivity contribution < 1.29 is 0 Å². The second-order valence-electron chi connectivity index (χ2n) is 14.9. The molecule has 0 fully saturated rings. The summed E-state index contributed by atoms with van der Waals surface area (Å²) in [6, 6.07) is 67.9. The maximum atomic E-state index is 2.48. The van der Waals surface area contributed by atoms with Crippen molar-refractivity contribution in [3.8, 4) is 39.1 Å². The zero-order valence-electron chi connectivity index (χ0n) is 30.0. The van der Waals surface area contributed by atoms with Crippen LogP contribution in [0.2, 0.25) is 0 Å². The van der Waals surface area contributed by atoms with Crippen LogP contribution in [0.25, 0.3) is 81.0 Å². The molecule has 0 N–H and O–H groups in total. The van der Waals surface area contributed by atoms with Crippen molar-refractivity contribution in [2.24, 2.45) is 0 Å². The second kappa shape index (κ2) is 12.4. The molecule has 1 aliphatic rings. The summed E-state index contributed by atoms with van der Waals surface area (Å²) in [7, 11) is 0. The molecule has 0 radical (unpaired) electrons. The Bertz CT molecular complexity index is 3040. The van der Waals surface area contributed by atoms with E-state index in [4.69, 9.17) is 0 Å². The molecule has 0 saturated carbocycles. The van der Waals surface area contributed by atoms with Gasteiger partial charge in [0.05, 0.1) is 11.0 Å². The van der Waals surface area contributed by atoms with Crippen LogP contribution in [0.15, 0.2) is 182 Å². The Balaban J connectivity index is 1.10. The topological polar surface area (TPSA) is 4.93 Å². The third-order valence-electron chi connectivity index (χ3n) is 11.9. The lowest BCUT2D eigenvalue weighted by Gasteiger charge is -2.24. The van der Waals surface area contributed by atoms with Crippen LogP contribution in [0.5, 0.6) is 0 Å². The Morgan fingerprint density at radius 2 is 1.17 bits per heavy atom. The molecule has 8 aromatic carbocycles. The minimum Gasteiger partial charge on any atom is -0.309 e. The number of benzene rings is 8. The molecule has 11 rings (SSSR count). The van der Waals surface area contributed by atoms with Gasteiger partial charge in [-0.25, -0.2) is 0 Å². The Morgan fingerprint density at radius 3 is 2.04 bits per heavy atom. The molecule has 10 aromatic rings. The van der Waals surface area contributed by atoms with Gasteiger partial charge < -0.3 is 4.57 Å². The van der Waals surface area contributed by atoms with Crippen LogP contribution in [0, 0.1) is 0 Å². The molecular weight excluding hydrogens is 671 g/mol. The van der Waals surface area contributed by atoms with E-state index < -0.39 is 0 Å². The van der Waals surface area contributed by atoms with E-state index in [0.29, 0.717) is 11.8 Å². The van der Waals surface area contributed by atoms with Crippen LogP contribution in [0.1, 0.15) is 35.4 Å². The van der Waals surface area contributed by atoms with Gasteiger partial charge in [0, 0.05) is 42.2 Å². The van der Waals surface area contributed by atoms with Crippen LogP contribution in [0.3, 0.4) is 0 Å². The first-order valence-electron chi connectivity index (χ1n) is 19.0. The molecule has 2 unspecified atom stereocenters. The second-order valence-corrected chi connectivity index (χ2v) is 15.9. The van der Waals surface area contributed by atoms with Gasteiger partial charge in [-0.2, -0.15) is 0 Å². The fraction of sp³-hybridized carbons (Fsp3) is 0.0769. The Morgan fingerprint density at radius 1 is 0.481 bits per heavy atom. The maximum absolute atomic E-state index is 2.48. The smallest absolute Gasteiger partial charge is 0.0541 e. The minimum atomic E-state index is 0.391. The third-order valence-corrected chi connectivity index (χ3v) is 13.2. The highest BCUT2D eigenvalue weighted by molar-refractivity contribution is 7.26. The van der Waals surface area contributed by atoms with Gasteiger partial charge in [0.15, 0.2) is 0 Å². The fourth-order valence-corrected chi connectivity index (χ4v) is 10.5. The highest BCUT2D eigenvalue weighted by atomic mass is 32.1. The van der Waals surface area contributed by atoms with Crippen LogP contribution in [-0.2, 0) is 6.42 Å². The van der Waals surface area contributed by atoms with Gasteiger partial charge in [-0.15, -0.1) is 11.3 Å². The van der Waals surface area contributed by atoms with Crippen LogP contribution in [0.4, 0.5) is 0 Å². The van der Waals surface area contributed by atoms with Crippen molar-refractivity contribution in [2.45, 2.75) is 25.2 Å². The predicted octanol–water partition coefficient (Wildman–Crippen LogP) is 14.6. The summed E-state index contributed by atoms with van der Waals surface area (Å²) in [5.74, 6) is 0.818. The van der Waals surface area contributed by atoms with E-state index in [2.05, 4.69) is 193 Å². The molecule has 2 atom stereocenters. The molecule has 256 valence electrons. The van der Waals surface area contributed by atoms with Crippen molar-refractivity contribution in [1.82, 2.24) is 4.57 Å². The van der Waals surface area contributed by atoms with Crippen LogP contribution >= 0.6 is 11.3 Å². The molecule has 2 aromatic heterocycles. The van der Waals surface area contributed by atoms with Crippen molar-refractivity contribution in [3.63, 3.8) is 0 Å². The van der Waals surface area contributed by atoms with Gasteiger partial charge in [0.2, 0.25) is 0 Å². The zero-order valence-corrected chi connectivity index (χ0v) is 30.9. The monoisotopic (exact) mass is 707 g/mol. The molecule has 0 saturated heterocycles. The lowest BCUT2D eigenvalue weighted by molar-refractivity contribution is 0.579. The van der Waals surface area contributed by atoms with Gasteiger partial charge in [-0.3, -0.25) is 0 Å².